The highest BCUT2D eigenvalue weighted by molar-refractivity contribution is 5.99. The van der Waals surface area contributed by atoms with E-state index in [-0.39, 0.29) is 12.4 Å². The number of aliphatic hydroxyl groups is 1. The summed E-state index contributed by atoms with van der Waals surface area (Å²) in [6.07, 6.45) is 6.02. The van der Waals surface area contributed by atoms with Crippen LogP contribution in [0.3, 0.4) is 0 Å². The van der Waals surface area contributed by atoms with Crippen LogP contribution in [0.25, 0.3) is 27.7 Å². The molecule has 3 heterocycles. The molecule has 0 spiro atoms. The Morgan fingerprint density at radius 1 is 1.39 bits per heavy atom. The second-order valence-corrected chi connectivity index (χ2v) is 8.85. The number of aryl methyl sites for hydroxylation is 1. The third-order valence-corrected chi connectivity index (χ3v) is 5.93. The maximum atomic E-state index is 14.5. The quantitative estimate of drug-likeness (QED) is 0.439. The number of H-pyrrole nitrogens is 1. The van der Waals surface area contributed by atoms with Gasteiger partial charge in [0, 0.05) is 60.6 Å². The number of hydrogen-bond donors (Lipinski definition) is 2. The van der Waals surface area contributed by atoms with Gasteiger partial charge in [-0.1, -0.05) is 0 Å². The maximum Gasteiger partial charge on any atom is 0.148 e. The summed E-state index contributed by atoms with van der Waals surface area (Å²) in [5.74, 6) is -0.328. The predicted octanol–water partition coefficient (Wildman–Crippen LogP) is 3.77. The summed E-state index contributed by atoms with van der Waals surface area (Å²) in [5, 5.41) is 18.6. The Balaban J connectivity index is 2.04. The van der Waals surface area contributed by atoms with E-state index in [2.05, 4.69) is 10.2 Å². The molecule has 0 amide bonds. The summed E-state index contributed by atoms with van der Waals surface area (Å²) in [6, 6.07) is 3.26. The normalized spacial score (nSPS) is 15.8. The Morgan fingerprint density at radius 3 is 2.76 bits per heavy atom. The van der Waals surface area contributed by atoms with Crippen molar-refractivity contribution < 1.29 is 19.0 Å². The molecule has 0 atom stereocenters. The molecule has 8 heteroatoms. The molecule has 1 aliphatic heterocycles. The van der Waals surface area contributed by atoms with E-state index in [0.717, 1.165) is 27.8 Å². The van der Waals surface area contributed by atoms with Crippen LogP contribution in [0.1, 0.15) is 30.7 Å². The first-order valence-electron chi connectivity index (χ1n) is 10.6. The smallest absolute Gasteiger partial charge is 0.148 e. The molecule has 3 aromatic rings. The van der Waals surface area contributed by atoms with Crippen molar-refractivity contribution in [2.24, 2.45) is 0 Å². The Hall–Kier alpha value is -3.36. The number of nitrogens with zero attached hydrogens (tertiary/aromatic N) is 3. The average molecular weight is 451 g/mol. The average Bonchev–Trinajstić information content (AvgIpc) is 3.37. The third kappa shape index (κ3) is 4.07. The highest BCUT2D eigenvalue weighted by Crippen LogP contribution is 2.42. The van der Waals surface area contributed by atoms with Crippen LogP contribution in [0.15, 0.2) is 41.7 Å². The van der Waals surface area contributed by atoms with E-state index in [4.69, 9.17) is 9.72 Å². The van der Waals surface area contributed by atoms with E-state index >= 15 is 0 Å². The number of rotatable bonds is 6. The van der Waals surface area contributed by atoms with Crippen molar-refractivity contribution in [1.29, 1.82) is 0 Å². The van der Waals surface area contributed by atoms with Gasteiger partial charge in [-0.15, -0.1) is 0 Å². The molecule has 2 N–H and O–H groups in total. The molecule has 1 aliphatic rings. The maximum absolute atomic E-state index is 14.5. The van der Waals surface area contributed by atoms with Gasteiger partial charge in [-0.3, -0.25) is 9.89 Å². The van der Waals surface area contributed by atoms with Gasteiger partial charge in [0.15, 0.2) is 0 Å². The van der Waals surface area contributed by atoms with E-state index in [1.807, 2.05) is 18.0 Å². The van der Waals surface area contributed by atoms with Crippen molar-refractivity contribution in [3.63, 3.8) is 0 Å². The number of fused-ring (bicyclic) bond motifs is 2. The minimum Gasteiger partial charge on any atom is -0.386 e. The lowest BCUT2D eigenvalue weighted by atomic mass is 9.91. The van der Waals surface area contributed by atoms with Gasteiger partial charge >= 0.3 is 0 Å². The zero-order valence-electron chi connectivity index (χ0n) is 19.4. The molecule has 0 aliphatic carbocycles. The van der Waals surface area contributed by atoms with Crippen LogP contribution in [0.2, 0.25) is 0 Å². The highest BCUT2D eigenvalue weighted by atomic mass is 19.1. The number of ether oxygens (including phenoxy) is 1. The lowest BCUT2D eigenvalue weighted by Crippen LogP contribution is -2.25. The van der Waals surface area contributed by atoms with Gasteiger partial charge in [0.05, 0.1) is 35.3 Å². The first-order valence-corrected chi connectivity index (χ1v) is 10.6. The number of benzene rings is 1. The molecule has 1 aromatic carbocycles. The standard InChI is InChI=1S/C25H27FN4O3/c1-14-6-17-21(8-20(14)26)29-24-18(23(17)15-9-27-28-10-15)11-30(4)22(24)7-19(25(2,3)32)16(12-31)13-33-5/h6-10,12,32H,11,13H2,1-5H3,(H,27,28)/b19-16-,22-7-. The molecule has 172 valence electrons. The number of aldehydes is 1. The monoisotopic (exact) mass is 450 g/mol. The Kier molecular flexibility index (Phi) is 5.90. The van der Waals surface area contributed by atoms with Crippen LogP contribution in [0.4, 0.5) is 4.39 Å². The molecule has 2 aromatic heterocycles. The van der Waals surface area contributed by atoms with Crippen LogP contribution in [-0.4, -0.2) is 57.8 Å². The van der Waals surface area contributed by atoms with E-state index in [0.29, 0.717) is 40.8 Å². The Bertz CT molecular complexity index is 1290. The van der Waals surface area contributed by atoms with Gasteiger partial charge in [-0.05, 0) is 44.1 Å². The molecular weight excluding hydrogens is 423 g/mol. The first-order chi connectivity index (χ1) is 15.7. The van der Waals surface area contributed by atoms with Gasteiger partial charge in [-0.2, -0.15) is 5.10 Å². The molecule has 0 radical (unpaired) electrons. The number of methoxy groups -OCH3 is 1. The fraction of sp³-hybridized carbons (Fsp3) is 0.320. The number of carbonyl (C=O) groups is 1. The second-order valence-electron chi connectivity index (χ2n) is 8.85. The number of aromatic nitrogens is 3. The van der Waals surface area contributed by atoms with E-state index in [1.165, 1.54) is 13.2 Å². The summed E-state index contributed by atoms with van der Waals surface area (Å²) < 4.78 is 19.6. The molecular formula is C25H27FN4O3. The van der Waals surface area contributed by atoms with E-state index in [1.54, 1.807) is 39.2 Å². The lowest BCUT2D eigenvalue weighted by molar-refractivity contribution is -0.105. The van der Waals surface area contributed by atoms with Gasteiger partial charge in [0.2, 0.25) is 0 Å². The summed E-state index contributed by atoms with van der Waals surface area (Å²) in [4.78, 5) is 18.6. The van der Waals surface area contributed by atoms with Crippen LogP contribution >= 0.6 is 0 Å². The molecule has 0 saturated carbocycles. The summed E-state index contributed by atoms with van der Waals surface area (Å²) >= 11 is 0. The minimum atomic E-state index is -1.29. The van der Waals surface area contributed by atoms with Crippen molar-refractivity contribution in [2.75, 3.05) is 20.8 Å². The molecule has 33 heavy (non-hydrogen) atoms. The van der Waals surface area contributed by atoms with Crippen molar-refractivity contribution in [3.8, 4) is 11.1 Å². The summed E-state index contributed by atoms with van der Waals surface area (Å²) in [5.41, 5.74) is 4.74. The van der Waals surface area contributed by atoms with Crippen LogP contribution in [-0.2, 0) is 16.1 Å². The molecule has 0 unspecified atom stereocenters. The SMILES string of the molecule is COC/C(C=O)=C(/C=C1/c2nc3cc(F)c(C)cc3c(-c3cn[nH]c3)c2CN1C)C(C)(C)O. The Morgan fingerprint density at radius 2 is 2.15 bits per heavy atom. The topological polar surface area (TPSA) is 91.3 Å². The van der Waals surface area contributed by atoms with Gasteiger partial charge in [-0.25, -0.2) is 9.37 Å². The second kappa shape index (κ2) is 8.53. The van der Waals surface area contributed by atoms with Crippen molar-refractivity contribution >= 4 is 22.9 Å². The van der Waals surface area contributed by atoms with Crippen LogP contribution < -0.4 is 0 Å². The van der Waals surface area contributed by atoms with Crippen molar-refractivity contribution in [3.05, 3.63) is 64.4 Å². The zero-order chi connectivity index (χ0) is 23.9. The number of aromatic amines is 1. The molecule has 7 nitrogen and oxygen atoms in total. The summed E-state index contributed by atoms with van der Waals surface area (Å²) in [7, 11) is 3.42. The number of hydrogen-bond acceptors (Lipinski definition) is 6. The van der Waals surface area contributed by atoms with Gasteiger partial charge in [0.1, 0.15) is 12.1 Å². The molecule has 0 bridgehead atoms. The largest absolute Gasteiger partial charge is 0.386 e. The fourth-order valence-corrected chi connectivity index (χ4v) is 4.33. The molecule has 0 saturated heterocycles. The molecule has 4 rings (SSSR count). The van der Waals surface area contributed by atoms with Crippen LogP contribution in [0, 0.1) is 12.7 Å². The molecule has 0 fully saturated rings. The lowest BCUT2D eigenvalue weighted by Gasteiger charge is -2.23. The highest BCUT2D eigenvalue weighted by Gasteiger charge is 2.31. The third-order valence-electron chi connectivity index (χ3n) is 5.93. The Labute approximate surface area is 191 Å². The van der Waals surface area contributed by atoms with E-state index in [9.17, 15) is 14.3 Å². The van der Waals surface area contributed by atoms with Crippen molar-refractivity contribution in [2.45, 2.75) is 32.9 Å². The fourth-order valence-electron chi connectivity index (χ4n) is 4.33. The minimum absolute atomic E-state index is 0.0685. The zero-order valence-corrected chi connectivity index (χ0v) is 19.4. The van der Waals surface area contributed by atoms with Gasteiger partial charge in [0.25, 0.3) is 0 Å². The number of nitrogens with one attached hydrogen (secondary N) is 1. The van der Waals surface area contributed by atoms with Crippen molar-refractivity contribution in [1.82, 2.24) is 20.1 Å². The number of halogens is 1. The summed E-state index contributed by atoms with van der Waals surface area (Å²) in [6.45, 7) is 5.60. The van der Waals surface area contributed by atoms with Crippen LogP contribution in [0.5, 0.6) is 0 Å². The number of pyridine rings is 1. The van der Waals surface area contributed by atoms with E-state index < -0.39 is 5.60 Å². The number of carbonyl (C=O) groups excluding carboxylic acids is 1. The first kappa shape index (κ1) is 22.8. The predicted molar refractivity (Wildman–Crippen MR) is 125 cm³/mol. The van der Waals surface area contributed by atoms with Gasteiger partial charge < -0.3 is 14.7 Å².